The first-order valence-electron chi connectivity index (χ1n) is 6.63. The van der Waals surface area contributed by atoms with Crippen molar-refractivity contribution in [2.45, 2.75) is 44.8 Å². The molecule has 1 aliphatic heterocycles. The van der Waals surface area contributed by atoms with Crippen LogP contribution in [0.2, 0.25) is 0 Å². The number of halogens is 3. The Morgan fingerprint density at radius 1 is 1.21 bits per heavy atom. The Morgan fingerprint density at radius 2 is 1.95 bits per heavy atom. The van der Waals surface area contributed by atoms with Crippen molar-refractivity contribution in [2.24, 2.45) is 0 Å². The first-order valence-corrected chi connectivity index (χ1v) is 6.63. The molecule has 0 aliphatic carbocycles. The van der Waals surface area contributed by atoms with E-state index in [-0.39, 0.29) is 17.4 Å². The Morgan fingerprint density at radius 3 is 2.63 bits per heavy atom. The molecule has 1 aromatic carbocycles. The van der Waals surface area contributed by atoms with Crippen LogP contribution in [0.3, 0.4) is 0 Å². The molecule has 1 saturated heterocycles. The van der Waals surface area contributed by atoms with Gasteiger partial charge in [-0.1, -0.05) is 12.8 Å². The normalized spacial score (nSPS) is 21.3. The van der Waals surface area contributed by atoms with Gasteiger partial charge in [0.1, 0.15) is 0 Å². The van der Waals surface area contributed by atoms with Crippen LogP contribution >= 0.6 is 0 Å². The molecular formula is C14H19F3N2. The molecule has 0 radical (unpaired) electrons. The van der Waals surface area contributed by atoms with Gasteiger partial charge in [-0.15, -0.1) is 0 Å². The molecular weight excluding hydrogens is 253 g/mol. The summed E-state index contributed by atoms with van der Waals surface area (Å²) in [5, 5.41) is 0. The molecule has 1 unspecified atom stereocenters. The second-order valence-electron chi connectivity index (χ2n) is 5.17. The SMILES string of the molecule is CC1CCCCCN1c1ccc(N)cc1C(F)(F)F. The highest BCUT2D eigenvalue weighted by Crippen LogP contribution is 2.39. The van der Waals surface area contributed by atoms with E-state index in [0.29, 0.717) is 6.54 Å². The Hall–Kier alpha value is -1.39. The molecule has 106 valence electrons. The monoisotopic (exact) mass is 272 g/mol. The van der Waals surface area contributed by atoms with E-state index >= 15 is 0 Å². The van der Waals surface area contributed by atoms with Crippen LogP contribution in [-0.2, 0) is 6.18 Å². The third kappa shape index (κ3) is 3.14. The van der Waals surface area contributed by atoms with Crippen LogP contribution in [0.4, 0.5) is 24.5 Å². The Kier molecular flexibility index (Phi) is 3.92. The minimum Gasteiger partial charge on any atom is -0.399 e. The van der Waals surface area contributed by atoms with Crippen LogP contribution < -0.4 is 10.6 Å². The zero-order valence-electron chi connectivity index (χ0n) is 11.0. The van der Waals surface area contributed by atoms with Gasteiger partial charge in [-0.3, -0.25) is 0 Å². The molecule has 0 saturated carbocycles. The lowest BCUT2D eigenvalue weighted by Crippen LogP contribution is -2.34. The van der Waals surface area contributed by atoms with Gasteiger partial charge < -0.3 is 10.6 Å². The summed E-state index contributed by atoms with van der Waals surface area (Å²) in [4.78, 5) is 1.87. The number of benzene rings is 1. The van der Waals surface area contributed by atoms with Crippen LogP contribution in [0, 0.1) is 0 Å². The zero-order chi connectivity index (χ0) is 14.0. The molecule has 2 N–H and O–H groups in total. The number of nitrogens with two attached hydrogens (primary N) is 1. The zero-order valence-corrected chi connectivity index (χ0v) is 11.0. The van der Waals surface area contributed by atoms with Crippen molar-refractivity contribution in [3.05, 3.63) is 23.8 Å². The van der Waals surface area contributed by atoms with Gasteiger partial charge in [0.25, 0.3) is 0 Å². The van der Waals surface area contributed by atoms with Crippen LogP contribution in [0.25, 0.3) is 0 Å². The van der Waals surface area contributed by atoms with E-state index in [1.807, 2.05) is 11.8 Å². The molecule has 1 aliphatic rings. The minimum atomic E-state index is -4.36. The van der Waals surface area contributed by atoms with Gasteiger partial charge in [0, 0.05) is 24.0 Å². The van der Waals surface area contributed by atoms with Crippen molar-refractivity contribution in [1.82, 2.24) is 0 Å². The largest absolute Gasteiger partial charge is 0.418 e. The molecule has 0 bridgehead atoms. The van der Waals surface area contributed by atoms with E-state index in [0.717, 1.165) is 31.7 Å². The maximum absolute atomic E-state index is 13.1. The fourth-order valence-corrected chi connectivity index (χ4v) is 2.66. The summed E-state index contributed by atoms with van der Waals surface area (Å²) in [5.74, 6) is 0. The molecule has 0 aromatic heterocycles. The molecule has 1 fully saturated rings. The van der Waals surface area contributed by atoms with E-state index in [1.165, 1.54) is 6.07 Å². The first kappa shape index (κ1) is 14.0. The lowest BCUT2D eigenvalue weighted by molar-refractivity contribution is -0.137. The Bertz CT molecular complexity index is 443. The van der Waals surface area contributed by atoms with Crippen LogP contribution in [-0.4, -0.2) is 12.6 Å². The number of alkyl halides is 3. The Balaban J connectivity index is 2.42. The van der Waals surface area contributed by atoms with Gasteiger partial charge in [0.2, 0.25) is 0 Å². The third-order valence-electron chi connectivity index (χ3n) is 3.69. The maximum Gasteiger partial charge on any atom is 0.418 e. The second kappa shape index (κ2) is 5.31. The van der Waals surface area contributed by atoms with E-state index < -0.39 is 11.7 Å². The number of nitrogens with zero attached hydrogens (tertiary/aromatic N) is 1. The summed E-state index contributed by atoms with van der Waals surface area (Å²) in [6.45, 7) is 2.66. The molecule has 1 heterocycles. The van der Waals surface area contributed by atoms with Crippen molar-refractivity contribution in [3.63, 3.8) is 0 Å². The number of nitrogen functional groups attached to an aromatic ring is 1. The maximum atomic E-state index is 13.1. The van der Waals surface area contributed by atoms with Crippen molar-refractivity contribution in [1.29, 1.82) is 0 Å². The summed E-state index contributed by atoms with van der Waals surface area (Å²) >= 11 is 0. The van der Waals surface area contributed by atoms with Gasteiger partial charge in [-0.2, -0.15) is 13.2 Å². The fourth-order valence-electron chi connectivity index (χ4n) is 2.66. The molecule has 1 atom stereocenters. The highest BCUT2D eigenvalue weighted by atomic mass is 19.4. The average molecular weight is 272 g/mol. The van der Waals surface area contributed by atoms with Crippen molar-refractivity contribution in [2.75, 3.05) is 17.2 Å². The summed E-state index contributed by atoms with van der Waals surface area (Å²) < 4.78 is 39.4. The summed E-state index contributed by atoms with van der Waals surface area (Å²) in [7, 11) is 0. The van der Waals surface area contributed by atoms with Crippen LogP contribution in [0.5, 0.6) is 0 Å². The smallest absolute Gasteiger partial charge is 0.399 e. The van der Waals surface area contributed by atoms with Crippen LogP contribution in [0.1, 0.15) is 38.2 Å². The lowest BCUT2D eigenvalue weighted by atomic mass is 10.1. The number of hydrogen-bond donors (Lipinski definition) is 1. The summed E-state index contributed by atoms with van der Waals surface area (Å²) in [5.41, 5.74) is 5.29. The highest BCUT2D eigenvalue weighted by molar-refractivity contribution is 5.61. The molecule has 0 amide bonds. The summed E-state index contributed by atoms with van der Waals surface area (Å²) in [6, 6.07) is 4.21. The predicted molar refractivity (Wildman–Crippen MR) is 71.1 cm³/mol. The van der Waals surface area contributed by atoms with Gasteiger partial charge in [-0.25, -0.2) is 0 Å². The topological polar surface area (TPSA) is 29.3 Å². The molecule has 0 spiro atoms. The second-order valence-corrected chi connectivity index (χ2v) is 5.17. The molecule has 19 heavy (non-hydrogen) atoms. The van der Waals surface area contributed by atoms with E-state index in [1.54, 1.807) is 6.07 Å². The standard InChI is InChI=1S/C14H19F3N2/c1-10-5-3-2-4-8-19(10)13-7-6-11(18)9-12(13)14(15,16)17/h6-7,9-10H,2-5,8,18H2,1H3. The lowest BCUT2D eigenvalue weighted by Gasteiger charge is -2.32. The van der Waals surface area contributed by atoms with Gasteiger partial charge >= 0.3 is 6.18 Å². The van der Waals surface area contributed by atoms with Gasteiger partial charge in [0.15, 0.2) is 0 Å². The minimum absolute atomic E-state index is 0.132. The van der Waals surface area contributed by atoms with Gasteiger partial charge in [-0.05, 0) is 38.0 Å². The quantitative estimate of drug-likeness (QED) is 0.781. The number of rotatable bonds is 1. The number of anilines is 2. The third-order valence-corrected chi connectivity index (χ3v) is 3.69. The Labute approximate surface area is 111 Å². The molecule has 1 aromatic rings. The molecule has 5 heteroatoms. The molecule has 2 rings (SSSR count). The van der Waals surface area contributed by atoms with E-state index in [9.17, 15) is 13.2 Å². The van der Waals surface area contributed by atoms with Crippen molar-refractivity contribution >= 4 is 11.4 Å². The van der Waals surface area contributed by atoms with Crippen molar-refractivity contribution < 1.29 is 13.2 Å². The van der Waals surface area contributed by atoms with Crippen LogP contribution in [0.15, 0.2) is 18.2 Å². The van der Waals surface area contributed by atoms with Gasteiger partial charge in [0.05, 0.1) is 5.56 Å². The summed E-state index contributed by atoms with van der Waals surface area (Å²) in [6.07, 6.45) is -0.338. The van der Waals surface area contributed by atoms with Crippen molar-refractivity contribution in [3.8, 4) is 0 Å². The molecule has 2 nitrogen and oxygen atoms in total. The first-order chi connectivity index (χ1) is 8.89. The van der Waals surface area contributed by atoms with E-state index in [2.05, 4.69) is 0 Å². The predicted octanol–water partition coefficient (Wildman–Crippen LogP) is 4.06. The van der Waals surface area contributed by atoms with E-state index in [4.69, 9.17) is 5.73 Å². The highest BCUT2D eigenvalue weighted by Gasteiger charge is 2.36. The fraction of sp³-hybridized carbons (Fsp3) is 0.571. The number of hydrogen-bond acceptors (Lipinski definition) is 2. The average Bonchev–Trinajstić information content (AvgIpc) is 2.53.